The monoisotopic (exact) mass is 364 g/mol. The number of aliphatic hydroxyl groups excluding tert-OH is 2. The molecule has 0 rings (SSSR count). The highest BCUT2D eigenvalue weighted by Crippen LogP contribution is 2.11. The van der Waals surface area contributed by atoms with Crippen molar-refractivity contribution in [2.24, 2.45) is 0 Å². The van der Waals surface area contributed by atoms with Crippen LogP contribution in [0.4, 0.5) is 0 Å². The molecule has 0 aromatic heterocycles. The molecule has 2 N–H and O–H groups in total. The Morgan fingerprint density at radius 1 is 0.654 bits per heavy atom. The Morgan fingerprint density at radius 3 is 1.73 bits per heavy atom. The lowest BCUT2D eigenvalue weighted by Crippen LogP contribution is -2.19. The van der Waals surface area contributed by atoms with Crippen molar-refractivity contribution >= 4 is 0 Å². The minimum absolute atomic E-state index is 0.186. The third kappa shape index (κ3) is 19.0. The zero-order valence-corrected chi connectivity index (χ0v) is 16.7. The van der Waals surface area contributed by atoms with Crippen LogP contribution in [0.2, 0.25) is 0 Å². The minimum Gasteiger partial charge on any atom is -0.493 e. The Kier molecular flexibility index (Phi) is 20.6. The van der Waals surface area contributed by atoms with E-state index < -0.39 is 6.10 Å². The summed E-state index contributed by atoms with van der Waals surface area (Å²) in [6.45, 7) is 1.90. The average Bonchev–Trinajstić information content (AvgIpc) is 2.66. The molecular formula is C23H40O3. The summed E-state index contributed by atoms with van der Waals surface area (Å²) in [4.78, 5) is 0. The van der Waals surface area contributed by atoms with Crippen LogP contribution in [0.5, 0.6) is 0 Å². The molecule has 0 aromatic carbocycles. The number of aliphatic hydroxyl groups is 2. The molecule has 0 aliphatic carbocycles. The fraction of sp³-hybridized carbons (Fsp3) is 0.652. The van der Waals surface area contributed by atoms with E-state index in [4.69, 9.17) is 14.9 Å². The van der Waals surface area contributed by atoms with Crippen LogP contribution in [0, 0.1) is 0 Å². The lowest BCUT2D eigenvalue weighted by Gasteiger charge is -2.08. The molecule has 0 aliphatic heterocycles. The van der Waals surface area contributed by atoms with Gasteiger partial charge in [-0.25, -0.2) is 0 Å². The number of unbranched alkanes of at least 4 members (excludes halogenated alkanes) is 10. The van der Waals surface area contributed by atoms with Crippen LogP contribution in [0.3, 0.4) is 0 Å². The Labute approximate surface area is 161 Å². The predicted octanol–water partition coefficient (Wildman–Crippen LogP) is 5.85. The highest BCUT2D eigenvalue weighted by Gasteiger charge is 2.01. The van der Waals surface area contributed by atoms with E-state index in [0.717, 1.165) is 6.42 Å². The smallest absolute Gasteiger partial charge is 0.144 e. The number of allylic oxidation sites excluding steroid dienone is 7. The topological polar surface area (TPSA) is 49.7 Å². The highest BCUT2D eigenvalue weighted by molar-refractivity contribution is 5.14. The Hall–Kier alpha value is -1.32. The van der Waals surface area contributed by atoms with E-state index in [1.165, 1.54) is 70.5 Å². The van der Waals surface area contributed by atoms with Gasteiger partial charge in [0.05, 0.1) is 19.5 Å². The van der Waals surface area contributed by atoms with Crippen molar-refractivity contribution in [2.45, 2.75) is 83.7 Å². The highest BCUT2D eigenvalue weighted by atomic mass is 16.5. The average molecular weight is 365 g/mol. The van der Waals surface area contributed by atoms with Crippen molar-refractivity contribution in [1.82, 2.24) is 0 Å². The van der Waals surface area contributed by atoms with Crippen LogP contribution >= 0.6 is 0 Å². The molecule has 0 aliphatic rings. The third-order valence-electron chi connectivity index (χ3n) is 4.17. The van der Waals surface area contributed by atoms with Crippen molar-refractivity contribution in [1.29, 1.82) is 0 Å². The summed E-state index contributed by atoms with van der Waals surface area (Å²) in [5.41, 5.74) is 0. The lowest BCUT2D eigenvalue weighted by atomic mass is 10.1. The van der Waals surface area contributed by atoms with E-state index in [2.05, 4.69) is 19.1 Å². The summed E-state index contributed by atoms with van der Waals surface area (Å²) >= 11 is 0. The molecular weight excluding hydrogens is 324 g/mol. The van der Waals surface area contributed by atoms with Gasteiger partial charge < -0.3 is 14.9 Å². The van der Waals surface area contributed by atoms with Gasteiger partial charge in [-0.3, -0.25) is 0 Å². The van der Waals surface area contributed by atoms with Crippen LogP contribution in [-0.2, 0) is 4.74 Å². The first kappa shape index (κ1) is 24.7. The van der Waals surface area contributed by atoms with Gasteiger partial charge >= 0.3 is 0 Å². The standard InChI is InChI=1S/C23H40O3/c1-2-3-4-5-6-7-8-9-10-11-12-13-14-15-16-17-18-19-20-26-23(21-24)22-25/h13-20,23-25H,2-12,21-22H2,1H3/b14-13-,16-15-,18-17-,20-19-. The Balaban J connectivity index is 3.42. The molecule has 0 saturated heterocycles. The molecule has 0 radical (unpaired) electrons. The number of rotatable bonds is 18. The second kappa shape index (κ2) is 21.7. The van der Waals surface area contributed by atoms with E-state index in [1.807, 2.05) is 24.3 Å². The Bertz CT molecular complexity index is 379. The first-order valence-corrected chi connectivity index (χ1v) is 10.4. The molecule has 0 aromatic rings. The second-order valence-corrected chi connectivity index (χ2v) is 6.62. The van der Waals surface area contributed by atoms with Gasteiger partial charge in [0.25, 0.3) is 0 Å². The van der Waals surface area contributed by atoms with Crippen molar-refractivity contribution in [3.05, 3.63) is 48.8 Å². The first-order valence-electron chi connectivity index (χ1n) is 10.4. The number of hydrogen-bond acceptors (Lipinski definition) is 3. The van der Waals surface area contributed by atoms with Gasteiger partial charge in [-0.1, -0.05) is 101 Å². The van der Waals surface area contributed by atoms with E-state index in [9.17, 15) is 0 Å². The summed E-state index contributed by atoms with van der Waals surface area (Å²) in [5, 5.41) is 17.6. The van der Waals surface area contributed by atoms with E-state index in [1.54, 1.807) is 6.08 Å². The van der Waals surface area contributed by atoms with Crippen molar-refractivity contribution in [2.75, 3.05) is 13.2 Å². The van der Waals surface area contributed by atoms with Gasteiger partial charge in [0.2, 0.25) is 0 Å². The summed E-state index contributed by atoms with van der Waals surface area (Å²) in [6, 6.07) is 0. The van der Waals surface area contributed by atoms with Crippen molar-refractivity contribution < 1.29 is 14.9 Å². The molecule has 3 nitrogen and oxygen atoms in total. The number of ether oxygens (including phenoxy) is 1. The van der Waals surface area contributed by atoms with Crippen LogP contribution in [-0.4, -0.2) is 29.5 Å². The molecule has 0 saturated carbocycles. The fourth-order valence-electron chi connectivity index (χ4n) is 2.53. The van der Waals surface area contributed by atoms with Crippen LogP contribution < -0.4 is 0 Å². The quantitative estimate of drug-likeness (QED) is 0.182. The molecule has 0 atom stereocenters. The van der Waals surface area contributed by atoms with E-state index >= 15 is 0 Å². The van der Waals surface area contributed by atoms with E-state index in [0.29, 0.717) is 0 Å². The summed E-state index contributed by atoms with van der Waals surface area (Å²) < 4.78 is 5.10. The molecule has 150 valence electrons. The Morgan fingerprint density at radius 2 is 1.15 bits per heavy atom. The summed E-state index contributed by atoms with van der Waals surface area (Å²) in [7, 11) is 0. The summed E-state index contributed by atoms with van der Waals surface area (Å²) in [6.07, 6.45) is 29.7. The number of hydrogen-bond donors (Lipinski definition) is 2. The van der Waals surface area contributed by atoms with Crippen LogP contribution in [0.25, 0.3) is 0 Å². The molecule has 26 heavy (non-hydrogen) atoms. The predicted molar refractivity (Wildman–Crippen MR) is 112 cm³/mol. The maximum absolute atomic E-state index is 8.82. The minimum atomic E-state index is -0.538. The largest absolute Gasteiger partial charge is 0.493 e. The molecule has 0 fully saturated rings. The molecule has 0 heterocycles. The summed E-state index contributed by atoms with van der Waals surface area (Å²) in [5.74, 6) is 0. The van der Waals surface area contributed by atoms with Crippen LogP contribution in [0.15, 0.2) is 48.8 Å². The van der Waals surface area contributed by atoms with Gasteiger partial charge in [0.15, 0.2) is 0 Å². The van der Waals surface area contributed by atoms with Gasteiger partial charge in [-0.15, -0.1) is 0 Å². The molecule has 0 unspecified atom stereocenters. The molecule has 0 amide bonds. The van der Waals surface area contributed by atoms with Gasteiger partial charge in [-0.05, 0) is 18.9 Å². The molecule has 0 bridgehead atoms. The normalized spacial score (nSPS) is 12.6. The lowest BCUT2D eigenvalue weighted by molar-refractivity contribution is 0.0323. The SMILES string of the molecule is CCCCCCCCCCCC\C=C/C=C\C=C/C=C\OC(CO)CO. The molecule has 3 heteroatoms. The maximum Gasteiger partial charge on any atom is 0.144 e. The van der Waals surface area contributed by atoms with Crippen molar-refractivity contribution in [3.63, 3.8) is 0 Å². The van der Waals surface area contributed by atoms with Gasteiger partial charge in [0.1, 0.15) is 6.10 Å². The fourth-order valence-corrected chi connectivity index (χ4v) is 2.53. The van der Waals surface area contributed by atoms with Gasteiger partial charge in [-0.2, -0.15) is 0 Å². The van der Waals surface area contributed by atoms with Crippen LogP contribution in [0.1, 0.15) is 77.6 Å². The first-order chi connectivity index (χ1) is 12.8. The van der Waals surface area contributed by atoms with Crippen molar-refractivity contribution in [3.8, 4) is 0 Å². The maximum atomic E-state index is 8.82. The second-order valence-electron chi connectivity index (χ2n) is 6.62. The zero-order valence-electron chi connectivity index (χ0n) is 16.7. The zero-order chi connectivity index (χ0) is 19.1. The molecule has 0 spiro atoms. The third-order valence-corrected chi connectivity index (χ3v) is 4.17. The van der Waals surface area contributed by atoms with Gasteiger partial charge in [0, 0.05) is 0 Å². The van der Waals surface area contributed by atoms with E-state index in [-0.39, 0.29) is 13.2 Å².